The van der Waals surface area contributed by atoms with Crippen LogP contribution >= 0.6 is 0 Å². The monoisotopic (exact) mass is 341 g/mol. The average Bonchev–Trinajstić information content (AvgIpc) is 2.60. The summed E-state index contributed by atoms with van der Waals surface area (Å²) in [6, 6.07) is 7.66. The maximum atomic E-state index is 12.6. The largest absolute Gasteiger partial charge is 0.495 e. The molecule has 2 rings (SSSR count). The molecule has 0 fully saturated rings. The van der Waals surface area contributed by atoms with Gasteiger partial charge in [-0.3, -0.25) is 9.71 Å². The lowest BCUT2D eigenvalue weighted by molar-refractivity contribution is 0.403. The highest BCUT2D eigenvalue weighted by molar-refractivity contribution is 7.92. The van der Waals surface area contributed by atoms with Crippen molar-refractivity contribution in [2.45, 2.75) is 4.90 Å². The number of methoxy groups -OCH3 is 1. The molecule has 1 N–H and O–H groups in total. The van der Waals surface area contributed by atoms with E-state index in [2.05, 4.69) is 22.9 Å². The second-order valence-electron chi connectivity index (χ2n) is 4.69. The van der Waals surface area contributed by atoms with E-state index < -0.39 is 10.0 Å². The van der Waals surface area contributed by atoms with Crippen LogP contribution in [0.1, 0.15) is 16.8 Å². The minimum atomic E-state index is -3.96. The fraction of sp³-hybridized carbons (Fsp3) is 0.0588. The maximum absolute atomic E-state index is 12.6. The smallest absolute Gasteiger partial charge is 0.265 e. The maximum Gasteiger partial charge on any atom is 0.265 e. The Balaban J connectivity index is 2.48. The molecule has 0 saturated carbocycles. The van der Waals surface area contributed by atoms with Crippen molar-refractivity contribution in [2.75, 3.05) is 11.8 Å². The van der Waals surface area contributed by atoms with Crippen LogP contribution < -0.4 is 9.46 Å². The number of aromatic nitrogens is 1. The molecule has 0 aliphatic rings. The van der Waals surface area contributed by atoms with Gasteiger partial charge in [-0.2, -0.15) is 5.26 Å². The van der Waals surface area contributed by atoms with Gasteiger partial charge < -0.3 is 4.74 Å². The molecule has 7 heteroatoms. The number of ether oxygens (including phenoxy) is 1. The fourth-order valence-electron chi connectivity index (χ4n) is 2.05. The predicted octanol–water partition coefficient (Wildman–Crippen LogP) is 3.05. The lowest BCUT2D eigenvalue weighted by atomic mass is 10.2. The van der Waals surface area contributed by atoms with E-state index >= 15 is 0 Å². The van der Waals surface area contributed by atoms with Crippen molar-refractivity contribution in [3.63, 3.8) is 0 Å². The van der Waals surface area contributed by atoms with E-state index in [0.717, 1.165) is 0 Å². The summed E-state index contributed by atoms with van der Waals surface area (Å²) in [4.78, 5) is 3.99. The number of anilines is 1. The molecule has 0 radical (unpaired) electrons. The molecule has 0 amide bonds. The summed E-state index contributed by atoms with van der Waals surface area (Å²) in [6.45, 7) is 7.30. The Bertz CT molecular complexity index is 944. The van der Waals surface area contributed by atoms with Crippen molar-refractivity contribution in [1.82, 2.24) is 4.98 Å². The molecule has 1 heterocycles. The van der Waals surface area contributed by atoms with Crippen LogP contribution in [0.4, 0.5) is 5.69 Å². The van der Waals surface area contributed by atoms with Crippen LogP contribution in [0.15, 0.2) is 48.5 Å². The quantitative estimate of drug-likeness (QED) is 0.872. The van der Waals surface area contributed by atoms with Gasteiger partial charge in [-0.25, -0.2) is 8.42 Å². The Kier molecular flexibility index (Phi) is 5.02. The zero-order chi connectivity index (χ0) is 17.7. The summed E-state index contributed by atoms with van der Waals surface area (Å²) in [5.74, 6) is 0.140. The molecule has 0 atom stereocenters. The van der Waals surface area contributed by atoms with Crippen molar-refractivity contribution in [3.8, 4) is 11.8 Å². The van der Waals surface area contributed by atoms with Crippen LogP contribution in [0.5, 0.6) is 5.75 Å². The van der Waals surface area contributed by atoms with Crippen LogP contribution in [-0.4, -0.2) is 20.5 Å². The molecule has 0 spiro atoms. The van der Waals surface area contributed by atoms with Crippen LogP contribution in [0.2, 0.25) is 0 Å². The minimum absolute atomic E-state index is 0.128. The first-order chi connectivity index (χ1) is 11.4. The summed E-state index contributed by atoms with van der Waals surface area (Å²) in [6.07, 6.45) is 4.48. The third-order valence-corrected chi connectivity index (χ3v) is 4.60. The van der Waals surface area contributed by atoms with Gasteiger partial charge in [0.1, 0.15) is 10.6 Å². The number of nitrogens with zero attached hydrogens (tertiary/aromatic N) is 2. The third-order valence-electron chi connectivity index (χ3n) is 3.20. The minimum Gasteiger partial charge on any atom is -0.495 e. The normalized spacial score (nSPS) is 10.5. The molecule has 1 aromatic heterocycles. The first-order valence-corrected chi connectivity index (χ1v) is 8.29. The fourth-order valence-corrected chi connectivity index (χ4v) is 3.28. The molecule has 6 nitrogen and oxygen atoms in total. The molecule has 0 aliphatic heterocycles. The first-order valence-electron chi connectivity index (χ1n) is 6.81. The average molecular weight is 341 g/mol. The highest BCUT2D eigenvalue weighted by Gasteiger charge is 2.21. The molecular weight excluding hydrogens is 326 g/mol. The number of pyridine rings is 1. The topological polar surface area (TPSA) is 92.1 Å². The predicted molar refractivity (Wildman–Crippen MR) is 92.9 cm³/mol. The van der Waals surface area contributed by atoms with Gasteiger partial charge in [0.05, 0.1) is 36.3 Å². The summed E-state index contributed by atoms with van der Waals surface area (Å²) >= 11 is 0. The molecule has 0 unspecified atom stereocenters. The van der Waals surface area contributed by atoms with E-state index in [9.17, 15) is 8.42 Å². The number of nitriles is 1. The standard InChI is InChI=1S/C17H15N3O3S/c1-4-13-9-14(11-19-15(13)5-2)20-24(21,22)17-8-12(10-18)6-7-16(17)23-3/h4-9,11,20H,1-2H2,3H3. The number of benzene rings is 1. The molecule has 0 saturated heterocycles. The van der Waals surface area contributed by atoms with Crippen molar-refractivity contribution in [3.05, 3.63) is 60.4 Å². The molecule has 122 valence electrons. The van der Waals surface area contributed by atoms with E-state index in [4.69, 9.17) is 10.00 Å². The molecule has 2 aromatic rings. The van der Waals surface area contributed by atoms with Crippen molar-refractivity contribution >= 4 is 27.9 Å². The van der Waals surface area contributed by atoms with E-state index in [-0.39, 0.29) is 21.9 Å². The van der Waals surface area contributed by atoms with E-state index in [0.29, 0.717) is 11.3 Å². The zero-order valence-corrected chi connectivity index (χ0v) is 13.8. The number of hydrogen-bond donors (Lipinski definition) is 1. The van der Waals surface area contributed by atoms with Crippen LogP contribution in [-0.2, 0) is 10.0 Å². The van der Waals surface area contributed by atoms with Gasteiger partial charge in [-0.1, -0.05) is 19.2 Å². The van der Waals surface area contributed by atoms with Gasteiger partial charge in [0.15, 0.2) is 0 Å². The lowest BCUT2D eigenvalue weighted by Crippen LogP contribution is -2.14. The second-order valence-corrected chi connectivity index (χ2v) is 6.34. The van der Waals surface area contributed by atoms with Crippen LogP contribution in [0.3, 0.4) is 0 Å². The first kappa shape index (κ1) is 17.2. The van der Waals surface area contributed by atoms with E-state index in [1.807, 2.05) is 6.07 Å². The SMILES string of the molecule is C=Cc1cc(NS(=O)(=O)c2cc(C#N)ccc2OC)cnc1C=C. The van der Waals surface area contributed by atoms with E-state index in [1.54, 1.807) is 18.2 Å². The van der Waals surface area contributed by atoms with Gasteiger partial charge >= 0.3 is 0 Å². The summed E-state index contributed by atoms with van der Waals surface area (Å²) < 4.78 is 32.8. The van der Waals surface area contributed by atoms with Gasteiger partial charge in [-0.05, 0) is 30.3 Å². The molecular formula is C17H15N3O3S. The molecule has 1 aromatic carbocycles. The van der Waals surface area contributed by atoms with E-state index in [1.165, 1.54) is 31.5 Å². The highest BCUT2D eigenvalue weighted by Crippen LogP contribution is 2.27. The molecule has 0 aliphatic carbocycles. The number of sulfonamides is 1. The Morgan fingerprint density at radius 1 is 1.29 bits per heavy atom. The Morgan fingerprint density at radius 3 is 2.62 bits per heavy atom. The van der Waals surface area contributed by atoms with Gasteiger partial charge in [0.25, 0.3) is 10.0 Å². The zero-order valence-electron chi connectivity index (χ0n) is 13.0. The Hall–Kier alpha value is -3.11. The number of hydrogen-bond acceptors (Lipinski definition) is 5. The summed E-state index contributed by atoms with van der Waals surface area (Å²) in [7, 11) is -2.60. The van der Waals surface area contributed by atoms with Crippen molar-refractivity contribution in [1.29, 1.82) is 5.26 Å². The number of rotatable bonds is 6. The highest BCUT2D eigenvalue weighted by atomic mass is 32.2. The molecule has 24 heavy (non-hydrogen) atoms. The number of nitrogens with one attached hydrogen (secondary N) is 1. The Labute approximate surface area is 140 Å². The van der Waals surface area contributed by atoms with Gasteiger partial charge in [0.2, 0.25) is 0 Å². The summed E-state index contributed by atoms with van der Waals surface area (Å²) in [5, 5.41) is 8.97. The van der Waals surface area contributed by atoms with Crippen molar-refractivity contribution in [2.24, 2.45) is 0 Å². The lowest BCUT2D eigenvalue weighted by Gasteiger charge is -2.12. The Morgan fingerprint density at radius 2 is 2.04 bits per heavy atom. The van der Waals surface area contributed by atoms with Crippen molar-refractivity contribution < 1.29 is 13.2 Å². The van der Waals surface area contributed by atoms with Crippen LogP contribution in [0, 0.1) is 11.3 Å². The van der Waals surface area contributed by atoms with Gasteiger partial charge in [-0.15, -0.1) is 0 Å². The van der Waals surface area contributed by atoms with Gasteiger partial charge in [0, 0.05) is 5.56 Å². The second kappa shape index (κ2) is 6.98. The summed E-state index contributed by atoms with van der Waals surface area (Å²) in [5.41, 5.74) is 1.71. The molecule has 0 bridgehead atoms. The third kappa shape index (κ3) is 3.45. The van der Waals surface area contributed by atoms with Crippen LogP contribution in [0.25, 0.3) is 12.2 Å².